The zero-order valence-corrected chi connectivity index (χ0v) is 11.9. The predicted octanol–water partition coefficient (Wildman–Crippen LogP) is 1.78. The standard InChI is InChI=1S/C14H20N2O4/c1-10(2)12-9-11(15-20-12)13(17)16-5-3-14(4-6-16)18-7-8-19-14/h9-10H,3-8H2,1-2H3. The van der Waals surface area contributed by atoms with E-state index in [2.05, 4.69) is 5.16 Å². The van der Waals surface area contributed by atoms with Gasteiger partial charge in [-0.2, -0.15) is 0 Å². The van der Waals surface area contributed by atoms with E-state index in [-0.39, 0.29) is 11.8 Å². The number of likely N-dealkylation sites (tertiary alicyclic amines) is 1. The first kappa shape index (κ1) is 13.6. The van der Waals surface area contributed by atoms with Gasteiger partial charge in [-0.05, 0) is 0 Å². The van der Waals surface area contributed by atoms with Crippen molar-refractivity contribution in [2.45, 2.75) is 38.4 Å². The summed E-state index contributed by atoms with van der Waals surface area (Å²) in [7, 11) is 0. The summed E-state index contributed by atoms with van der Waals surface area (Å²) in [5.74, 6) is 0.440. The van der Waals surface area contributed by atoms with Crippen LogP contribution in [-0.2, 0) is 9.47 Å². The summed E-state index contributed by atoms with van der Waals surface area (Å²) >= 11 is 0. The smallest absolute Gasteiger partial charge is 0.276 e. The molecule has 0 bridgehead atoms. The highest BCUT2D eigenvalue weighted by molar-refractivity contribution is 5.92. The van der Waals surface area contributed by atoms with Crippen molar-refractivity contribution in [1.29, 1.82) is 0 Å². The van der Waals surface area contributed by atoms with E-state index in [0.717, 1.165) is 5.76 Å². The molecule has 0 atom stereocenters. The van der Waals surface area contributed by atoms with Crippen LogP contribution in [-0.4, -0.2) is 48.1 Å². The lowest BCUT2D eigenvalue weighted by atomic mass is 10.0. The Kier molecular flexibility index (Phi) is 3.52. The van der Waals surface area contributed by atoms with E-state index in [4.69, 9.17) is 14.0 Å². The Hall–Kier alpha value is -1.40. The Morgan fingerprint density at radius 1 is 1.30 bits per heavy atom. The van der Waals surface area contributed by atoms with Gasteiger partial charge in [0.25, 0.3) is 5.91 Å². The minimum Gasteiger partial charge on any atom is -0.360 e. The van der Waals surface area contributed by atoms with Crippen LogP contribution in [0, 0.1) is 0 Å². The summed E-state index contributed by atoms with van der Waals surface area (Å²) in [6, 6.07) is 1.74. The third-order valence-corrected chi connectivity index (χ3v) is 3.94. The van der Waals surface area contributed by atoms with Crippen molar-refractivity contribution >= 4 is 5.91 Å². The molecule has 2 saturated heterocycles. The van der Waals surface area contributed by atoms with Gasteiger partial charge in [0.1, 0.15) is 5.76 Å². The largest absolute Gasteiger partial charge is 0.360 e. The Morgan fingerprint density at radius 3 is 2.50 bits per heavy atom. The Balaban J connectivity index is 1.63. The molecule has 3 rings (SSSR count). The van der Waals surface area contributed by atoms with Crippen LogP contribution >= 0.6 is 0 Å². The van der Waals surface area contributed by atoms with Crippen molar-refractivity contribution < 1.29 is 18.8 Å². The molecule has 20 heavy (non-hydrogen) atoms. The second kappa shape index (κ2) is 5.18. The summed E-state index contributed by atoms with van der Waals surface area (Å²) in [5.41, 5.74) is 0.387. The molecule has 110 valence electrons. The number of amides is 1. The SMILES string of the molecule is CC(C)c1cc(C(=O)N2CCC3(CC2)OCCO3)no1. The number of rotatable bonds is 2. The van der Waals surface area contributed by atoms with E-state index < -0.39 is 5.79 Å². The summed E-state index contributed by atoms with van der Waals surface area (Å²) in [5, 5.41) is 3.87. The first-order valence-electron chi connectivity index (χ1n) is 7.13. The highest BCUT2D eigenvalue weighted by Crippen LogP contribution is 2.31. The van der Waals surface area contributed by atoms with Crippen molar-refractivity contribution in [3.05, 3.63) is 17.5 Å². The van der Waals surface area contributed by atoms with E-state index in [1.54, 1.807) is 11.0 Å². The molecule has 2 aliphatic heterocycles. The van der Waals surface area contributed by atoms with Gasteiger partial charge in [-0.15, -0.1) is 0 Å². The Morgan fingerprint density at radius 2 is 1.95 bits per heavy atom. The number of piperidine rings is 1. The molecular formula is C14H20N2O4. The molecule has 3 heterocycles. The van der Waals surface area contributed by atoms with Gasteiger partial charge in [0.2, 0.25) is 0 Å². The van der Waals surface area contributed by atoms with Gasteiger partial charge in [-0.1, -0.05) is 19.0 Å². The molecule has 6 heteroatoms. The second-order valence-electron chi connectivity index (χ2n) is 5.67. The first-order valence-corrected chi connectivity index (χ1v) is 7.13. The summed E-state index contributed by atoms with van der Waals surface area (Å²) < 4.78 is 16.5. The minimum absolute atomic E-state index is 0.0755. The average molecular weight is 280 g/mol. The molecule has 0 N–H and O–H groups in total. The number of carbonyl (C=O) groups excluding carboxylic acids is 1. The van der Waals surface area contributed by atoms with Crippen LogP contribution in [0.4, 0.5) is 0 Å². The fourth-order valence-corrected chi connectivity index (χ4v) is 2.66. The van der Waals surface area contributed by atoms with Crippen molar-refractivity contribution in [3.63, 3.8) is 0 Å². The highest BCUT2D eigenvalue weighted by atomic mass is 16.7. The van der Waals surface area contributed by atoms with Crippen molar-refractivity contribution in [2.75, 3.05) is 26.3 Å². The fourth-order valence-electron chi connectivity index (χ4n) is 2.66. The number of ether oxygens (including phenoxy) is 2. The van der Waals surface area contributed by atoms with Crippen LogP contribution in [0.5, 0.6) is 0 Å². The number of nitrogens with zero attached hydrogens (tertiary/aromatic N) is 2. The quantitative estimate of drug-likeness (QED) is 0.826. The zero-order chi connectivity index (χ0) is 14.2. The van der Waals surface area contributed by atoms with Crippen LogP contribution in [0.3, 0.4) is 0 Å². The predicted molar refractivity (Wildman–Crippen MR) is 70.4 cm³/mol. The fraction of sp³-hybridized carbons (Fsp3) is 0.714. The molecular weight excluding hydrogens is 260 g/mol. The number of carbonyl (C=O) groups is 1. The van der Waals surface area contributed by atoms with Crippen molar-refractivity contribution in [1.82, 2.24) is 10.1 Å². The van der Waals surface area contributed by atoms with Gasteiger partial charge in [-0.3, -0.25) is 4.79 Å². The van der Waals surface area contributed by atoms with Gasteiger partial charge in [-0.25, -0.2) is 0 Å². The van der Waals surface area contributed by atoms with E-state index in [9.17, 15) is 4.79 Å². The highest BCUT2D eigenvalue weighted by Gasteiger charge is 2.41. The maximum atomic E-state index is 12.4. The van der Waals surface area contributed by atoms with Crippen LogP contribution in [0.1, 0.15) is 48.9 Å². The van der Waals surface area contributed by atoms with Crippen molar-refractivity contribution in [2.24, 2.45) is 0 Å². The maximum Gasteiger partial charge on any atom is 0.276 e. The van der Waals surface area contributed by atoms with Gasteiger partial charge in [0.05, 0.1) is 13.2 Å². The molecule has 6 nitrogen and oxygen atoms in total. The van der Waals surface area contributed by atoms with Gasteiger partial charge in [0.15, 0.2) is 11.5 Å². The topological polar surface area (TPSA) is 64.8 Å². The molecule has 0 radical (unpaired) electrons. The van der Waals surface area contributed by atoms with E-state index in [1.165, 1.54) is 0 Å². The van der Waals surface area contributed by atoms with E-state index in [0.29, 0.717) is 44.8 Å². The third kappa shape index (κ3) is 2.45. The summed E-state index contributed by atoms with van der Waals surface area (Å²) in [6.45, 7) is 6.57. The number of hydrogen-bond acceptors (Lipinski definition) is 5. The van der Waals surface area contributed by atoms with Crippen molar-refractivity contribution in [3.8, 4) is 0 Å². The lowest BCUT2D eigenvalue weighted by molar-refractivity contribution is -0.181. The number of hydrogen-bond donors (Lipinski definition) is 0. The van der Waals surface area contributed by atoms with Gasteiger partial charge in [0, 0.05) is 37.9 Å². The van der Waals surface area contributed by atoms with Crippen LogP contribution in [0.2, 0.25) is 0 Å². The lowest BCUT2D eigenvalue weighted by Gasteiger charge is -2.37. The summed E-state index contributed by atoms with van der Waals surface area (Å²) in [6.07, 6.45) is 1.43. The molecule has 1 spiro atoms. The number of aromatic nitrogens is 1. The summed E-state index contributed by atoms with van der Waals surface area (Å²) in [4.78, 5) is 14.2. The molecule has 0 saturated carbocycles. The van der Waals surface area contributed by atoms with E-state index >= 15 is 0 Å². The van der Waals surface area contributed by atoms with Gasteiger partial charge >= 0.3 is 0 Å². The Bertz CT molecular complexity index is 481. The van der Waals surface area contributed by atoms with Crippen LogP contribution in [0.15, 0.2) is 10.6 Å². The van der Waals surface area contributed by atoms with Crippen LogP contribution in [0.25, 0.3) is 0 Å². The molecule has 2 fully saturated rings. The lowest BCUT2D eigenvalue weighted by Crippen LogP contribution is -2.47. The second-order valence-corrected chi connectivity index (χ2v) is 5.67. The monoisotopic (exact) mass is 280 g/mol. The van der Waals surface area contributed by atoms with E-state index in [1.807, 2.05) is 13.8 Å². The normalized spacial score (nSPS) is 21.9. The van der Waals surface area contributed by atoms with Gasteiger partial charge < -0.3 is 18.9 Å². The van der Waals surface area contributed by atoms with Crippen LogP contribution < -0.4 is 0 Å². The zero-order valence-electron chi connectivity index (χ0n) is 11.9. The molecule has 1 aromatic rings. The Labute approximate surface area is 118 Å². The molecule has 1 aromatic heterocycles. The molecule has 0 aromatic carbocycles. The third-order valence-electron chi connectivity index (χ3n) is 3.94. The average Bonchev–Trinajstić information content (AvgIpc) is 3.08. The molecule has 0 aliphatic carbocycles. The molecule has 2 aliphatic rings. The maximum absolute atomic E-state index is 12.4. The first-order chi connectivity index (χ1) is 9.60. The molecule has 1 amide bonds. The molecule has 0 unspecified atom stereocenters. The minimum atomic E-state index is -0.455.